The van der Waals surface area contributed by atoms with E-state index in [1.165, 1.54) is 0 Å². The first-order valence-electron chi connectivity index (χ1n) is 12.0. The van der Waals surface area contributed by atoms with Gasteiger partial charge in [-0.05, 0) is 48.4 Å². The van der Waals surface area contributed by atoms with Crippen molar-refractivity contribution < 1.29 is 14.3 Å². The number of pyridine rings is 1. The van der Waals surface area contributed by atoms with Crippen LogP contribution in [-0.4, -0.2) is 57.2 Å². The predicted octanol–water partition coefficient (Wildman–Crippen LogP) is 3.28. The fraction of sp³-hybridized carbons (Fsp3) is 0.250. The Morgan fingerprint density at radius 3 is 2.44 bits per heavy atom. The van der Waals surface area contributed by atoms with E-state index >= 15 is 0 Å². The molecule has 0 spiro atoms. The molecule has 2 amide bonds. The van der Waals surface area contributed by atoms with Crippen molar-refractivity contribution in [1.82, 2.24) is 19.2 Å². The summed E-state index contributed by atoms with van der Waals surface area (Å²) in [7, 11) is 0. The fourth-order valence-corrected chi connectivity index (χ4v) is 4.51. The Morgan fingerprint density at radius 2 is 1.72 bits per heavy atom. The summed E-state index contributed by atoms with van der Waals surface area (Å²) in [5.74, 6) is 0.113. The summed E-state index contributed by atoms with van der Waals surface area (Å²) in [6.45, 7) is 5.89. The van der Waals surface area contributed by atoms with Crippen LogP contribution in [0.4, 0.5) is 0 Å². The van der Waals surface area contributed by atoms with Crippen LogP contribution in [0.1, 0.15) is 37.5 Å². The zero-order chi connectivity index (χ0) is 25.1. The molecule has 0 saturated carbocycles. The number of hydrogen-bond acceptors (Lipinski definition) is 5. The van der Waals surface area contributed by atoms with Gasteiger partial charge in [0.2, 0.25) is 5.91 Å². The van der Waals surface area contributed by atoms with Gasteiger partial charge in [-0.2, -0.15) is 0 Å². The average molecular weight is 484 g/mol. The molecule has 8 heteroatoms. The molecule has 0 radical (unpaired) electrons. The minimum absolute atomic E-state index is 0.0260. The molecule has 0 unspecified atom stereocenters. The second kappa shape index (κ2) is 10.2. The van der Waals surface area contributed by atoms with Crippen LogP contribution in [0.2, 0.25) is 0 Å². The van der Waals surface area contributed by atoms with Crippen LogP contribution in [-0.2, 0) is 13.2 Å². The zero-order valence-electron chi connectivity index (χ0n) is 20.3. The number of aromatic nitrogens is 2. The molecule has 8 nitrogen and oxygen atoms in total. The first-order chi connectivity index (χ1) is 17.5. The maximum atomic E-state index is 13.3. The van der Waals surface area contributed by atoms with Gasteiger partial charge < -0.3 is 19.8 Å². The number of fused-ring (bicyclic) bond motifs is 1. The number of para-hydroxylation sites is 1. The smallest absolute Gasteiger partial charge is 0.257 e. The summed E-state index contributed by atoms with van der Waals surface area (Å²) in [4.78, 5) is 33.5. The maximum Gasteiger partial charge on any atom is 0.257 e. The molecule has 5 rings (SSSR count). The number of rotatable bonds is 7. The normalized spacial score (nSPS) is 14.2. The number of piperazine rings is 1. The predicted molar refractivity (Wildman–Crippen MR) is 137 cm³/mol. The third-order valence-corrected chi connectivity index (χ3v) is 6.52. The van der Waals surface area contributed by atoms with Gasteiger partial charge in [0.25, 0.3) is 5.91 Å². The van der Waals surface area contributed by atoms with E-state index in [0.29, 0.717) is 30.0 Å². The largest absolute Gasteiger partial charge is 0.486 e. The highest BCUT2D eigenvalue weighted by Gasteiger charge is 2.24. The monoisotopic (exact) mass is 483 g/mol. The van der Waals surface area contributed by atoms with E-state index in [9.17, 15) is 9.59 Å². The highest BCUT2D eigenvalue weighted by atomic mass is 16.5. The minimum atomic E-state index is -0.425. The summed E-state index contributed by atoms with van der Waals surface area (Å²) < 4.78 is 8.05. The molecule has 0 bridgehead atoms. The van der Waals surface area contributed by atoms with Gasteiger partial charge in [0.15, 0.2) is 0 Å². The van der Waals surface area contributed by atoms with Gasteiger partial charge >= 0.3 is 0 Å². The van der Waals surface area contributed by atoms with Crippen LogP contribution < -0.4 is 10.5 Å². The number of hydrogen-bond donors (Lipinski definition) is 1. The van der Waals surface area contributed by atoms with Crippen molar-refractivity contribution in [3.8, 4) is 5.75 Å². The minimum Gasteiger partial charge on any atom is -0.486 e. The quantitative estimate of drug-likeness (QED) is 0.436. The standard InChI is InChI=1S/C28H29N5O3/c1-20-5-4-12-33-18-23(30-27(20)33)19-36-25-7-3-2-6-24(25)28(35)32-15-13-31(14-16-32)17-21-8-10-22(11-9-21)26(29)34/h2-12,18H,13-17,19H2,1H3,(H2,29,34). The number of amides is 2. The van der Waals surface area contributed by atoms with E-state index in [-0.39, 0.29) is 12.5 Å². The van der Waals surface area contributed by atoms with Crippen LogP contribution >= 0.6 is 0 Å². The molecule has 2 aromatic heterocycles. The summed E-state index contributed by atoms with van der Waals surface area (Å²) in [6, 6.07) is 18.8. The molecule has 1 saturated heterocycles. The number of carbonyl (C=O) groups is 2. The van der Waals surface area contributed by atoms with E-state index in [1.54, 1.807) is 12.1 Å². The highest BCUT2D eigenvalue weighted by Crippen LogP contribution is 2.22. The Balaban J connectivity index is 1.19. The van der Waals surface area contributed by atoms with Crippen molar-refractivity contribution in [1.29, 1.82) is 0 Å². The van der Waals surface area contributed by atoms with Crippen molar-refractivity contribution >= 4 is 17.5 Å². The Labute approximate surface area is 209 Å². The molecular formula is C28H29N5O3. The topological polar surface area (TPSA) is 93.2 Å². The number of nitrogens with zero attached hydrogens (tertiary/aromatic N) is 4. The third kappa shape index (κ3) is 5.08. The molecule has 1 aliphatic rings. The molecular weight excluding hydrogens is 454 g/mol. The summed E-state index contributed by atoms with van der Waals surface area (Å²) in [5, 5.41) is 0. The number of primary amides is 1. The third-order valence-electron chi connectivity index (χ3n) is 6.52. The Hall–Kier alpha value is -4.17. The second-order valence-corrected chi connectivity index (χ2v) is 9.07. The highest BCUT2D eigenvalue weighted by molar-refractivity contribution is 5.97. The summed E-state index contributed by atoms with van der Waals surface area (Å²) >= 11 is 0. The van der Waals surface area contributed by atoms with E-state index in [2.05, 4.69) is 9.88 Å². The van der Waals surface area contributed by atoms with Crippen LogP contribution in [0.5, 0.6) is 5.75 Å². The summed E-state index contributed by atoms with van der Waals surface area (Å²) in [5.41, 5.74) is 10.3. The number of aryl methyl sites for hydroxylation is 1. The number of imidazole rings is 1. The van der Waals surface area contributed by atoms with Gasteiger partial charge in [-0.25, -0.2) is 4.98 Å². The lowest BCUT2D eigenvalue weighted by Crippen LogP contribution is -2.48. The van der Waals surface area contributed by atoms with Gasteiger partial charge in [0.1, 0.15) is 18.0 Å². The molecule has 36 heavy (non-hydrogen) atoms. The van der Waals surface area contributed by atoms with Gasteiger partial charge in [0, 0.05) is 50.7 Å². The van der Waals surface area contributed by atoms with Gasteiger partial charge in [0.05, 0.1) is 11.3 Å². The molecule has 184 valence electrons. The SMILES string of the molecule is Cc1cccn2cc(COc3ccccc3C(=O)N3CCN(Cc4ccc(C(N)=O)cc4)CC3)nc12. The van der Waals surface area contributed by atoms with Crippen LogP contribution in [0.25, 0.3) is 5.65 Å². The molecule has 0 atom stereocenters. The van der Waals surface area contributed by atoms with Crippen LogP contribution in [0.3, 0.4) is 0 Å². The Bertz CT molecular complexity index is 1390. The van der Waals surface area contributed by atoms with Crippen molar-refractivity contribution in [2.24, 2.45) is 5.73 Å². The van der Waals surface area contributed by atoms with E-state index in [0.717, 1.165) is 42.1 Å². The lowest BCUT2D eigenvalue weighted by Gasteiger charge is -2.35. The van der Waals surface area contributed by atoms with Crippen molar-refractivity contribution in [2.45, 2.75) is 20.1 Å². The number of ether oxygens (including phenoxy) is 1. The molecule has 2 aromatic carbocycles. The Morgan fingerprint density at radius 1 is 0.972 bits per heavy atom. The molecule has 1 aliphatic heterocycles. The van der Waals surface area contributed by atoms with Crippen molar-refractivity contribution in [2.75, 3.05) is 26.2 Å². The molecule has 3 heterocycles. The molecule has 2 N–H and O–H groups in total. The first-order valence-corrected chi connectivity index (χ1v) is 12.0. The molecule has 1 fully saturated rings. The van der Waals surface area contributed by atoms with Crippen molar-refractivity contribution in [3.63, 3.8) is 0 Å². The molecule has 0 aliphatic carbocycles. The average Bonchev–Trinajstić information content (AvgIpc) is 3.33. The molecule has 4 aromatic rings. The Kier molecular flexibility index (Phi) is 6.69. The first kappa shape index (κ1) is 23.6. The number of benzene rings is 2. The van der Waals surface area contributed by atoms with Gasteiger partial charge in [-0.1, -0.05) is 30.3 Å². The van der Waals surface area contributed by atoms with E-state index in [4.69, 9.17) is 10.5 Å². The number of nitrogens with two attached hydrogens (primary N) is 1. The van der Waals surface area contributed by atoms with Crippen LogP contribution in [0, 0.1) is 6.92 Å². The lowest BCUT2D eigenvalue weighted by molar-refractivity contribution is 0.0624. The zero-order valence-corrected chi connectivity index (χ0v) is 20.3. The fourth-order valence-electron chi connectivity index (χ4n) is 4.51. The summed E-state index contributed by atoms with van der Waals surface area (Å²) in [6.07, 6.45) is 3.92. The lowest BCUT2D eigenvalue weighted by atomic mass is 10.1. The number of carbonyl (C=O) groups excluding carboxylic acids is 2. The van der Waals surface area contributed by atoms with E-state index in [1.807, 2.05) is 77.1 Å². The van der Waals surface area contributed by atoms with Gasteiger partial charge in [-0.3, -0.25) is 14.5 Å². The van der Waals surface area contributed by atoms with Gasteiger partial charge in [-0.15, -0.1) is 0 Å². The van der Waals surface area contributed by atoms with E-state index < -0.39 is 5.91 Å². The van der Waals surface area contributed by atoms with Crippen molar-refractivity contribution in [3.05, 3.63) is 101 Å². The second-order valence-electron chi connectivity index (χ2n) is 9.07. The van der Waals surface area contributed by atoms with Crippen LogP contribution in [0.15, 0.2) is 73.1 Å². The maximum absolute atomic E-state index is 13.3.